The first-order valence-electron chi connectivity index (χ1n) is 16.3. The number of benzene rings is 1. The number of carbonyl (C=O) groups is 3. The number of aromatic amines is 1. The number of H-pyrrole nitrogens is 1. The number of rotatable bonds is 14. The maximum atomic E-state index is 13.9. The van der Waals surface area contributed by atoms with Crippen LogP contribution >= 0.6 is 0 Å². The first-order chi connectivity index (χ1) is 21.2. The third-order valence-electron chi connectivity index (χ3n) is 9.95. The highest BCUT2D eigenvalue weighted by atomic mass is 16.7. The third-order valence-corrected chi connectivity index (χ3v) is 9.95. The van der Waals surface area contributed by atoms with Crippen LogP contribution in [0.2, 0.25) is 0 Å². The first kappa shape index (κ1) is 33.9. The Labute approximate surface area is 262 Å². The molecule has 3 amide bonds. The van der Waals surface area contributed by atoms with Gasteiger partial charge in [-0.2, -0.15) is 0 Å². The monoisotopic (exact) mass is 612 g/mol. The molecule has 0 bridgehead atoms. The van der Waals surface area contributed by atoms with Crippen LogP contribution in [0, 0.1) is 17.8 Å². The zero-order valence-corrected chi connectivity index (χ0v) is 27.3. The summed E-state index contributed by atoms with van der Waals surface area (Å²) in [5.41, 5.74) is 1.92. The van der Waals surface area contributed by atoms with Gasteiger partial charge in [0.1, 0.15) is 6.04 Å². The molecule has 7 atom stereocenters. The van der Waals surface area contributed by atoms with Gasteiger partial charge in [0.2, 0.25) is 11.8 Å². The van der Waals surface area contributed by atoms with Gasteiger partial charge in [0.15, 0.2) is 0 Å². The lowest BCUT2D eigenvalue weighted by Crippen LogP contribution is -2.55. The second kappa shape index (κ2) is 15.9. The fourth-order valence-electron chi connectivity index (χ4n) is 6.77. The predicted octanol–water partition coefficient (Wildman–Crippen LogP) is 4.48. The number of likely N-dealkylation sites (tertiary alicyclic amines) is 1. The summed E-state index contributed by atoms with van der Waals surface area (Å²) in [5.74, 6) is -0.439. The number of methoxy groups -OCH3 is 2. The lowest BCUT2D eigenvalue weighted by Gasteiger charge is -2.36. The number of fused-ring (bicyclic) bond motifs is 1. The van der Waals surface area contributed by atoms with E-state index >= 15 is 0 Å². The molecule has 2 aromatic rings. The van der Waals surface area contributed by atoms with Crippen LogP contribution in [0.25, 0.3) is 10.9 Å². The Bertz CT molecular complexity index is 1240. The van der Waals surface area contributed by atoms with Gasteiger partial charge >= 0.3 is 0 Å². The highest BCUT2D eigenvalue weighted by Crippen LogP contribution is 2.30. The number of hydroxylamine groups is 2. The van der Waals surface area contributed by atoms with Crippen molar-refractivity contribution in [1.82, 2.24) is 20.3 Å². The highest BCUT2D eigenvalue weighted by Gasteiger charge is 2.41. The summed E-state index contributed by atoms with van der Waals surface area (Å²) in [6.07, 6.45) is 6.18. The minimum absolute atomic E-state index is 0.0267. The van der Waals surface area contributed by atoms with Crippen LogP contribution in [-0.4, -0.2) is 90.9 Å². The molecule has 10 heteroatoms. The topological polar surface area (TPSA) is 113 Å². The normalized spacial score (nSPS) is 21.5. The molecule has 2 N–H and O–H groups in total. The van der Waals surface area contributed by atoms with Crippen molar-refractivity contribution in [3.05, 3.63) is 36.0 Å². The fraction of sp³-hybridized carbons (Fsp3) is 0.676. The molecule has 10 nitrogen and oxygen atoms in total. The molecular formula is C34H52N4O6. The zero-order chi connectivity index (χ0) is 31.8. The molecule has 1 aromatic heterocycles. The van der Waals surface area contributed by atoms with Crippen molar-refractivity contribution in [3.8, 4) is 0 Å². The Hall–Kier alpha value is -2.95. The number of nitrogens with zero attached hydrogens (tertiary/aromatic N) is 2. The summed E-state index contributed by atoms with van der Waals surface area (Å²) in [6.45, 7) is 9.90. The highest BCUT2D eigenvalue weighted by molar-refractivity contribution is 5.90. The molecule has 0 radical (unpaired) electrons. The summed E-state index contributed by atoms with van der Waals surface area (Å²) < 4.78 is 11.7. The van der Waals surface area contributed by atoms with Crippen LogP contribution in [0.15, 0.2) is 30.5 Å². The van der Waals surface area contributed by atoms with E-state index in [0.717, 1.165) is 48.6 Å². The number of aromatic nitrogens is 1. The van der Waals surface area contributed by atoms with Crippen molar-refractivity contribution in [3.63, 3.8) is 0 Å². The number of hydrogen-bond donors (Lipinski definition) is 2. The number of amides is 3. The van der Waals surface area contributed by atoms with Crippen molar-refractivity contribution in [2.24, 2.45) is 17.8 Å². The quantitative estimate of drug-likeness (QED) is 0.325. The largest absolute Gasteiger partial charge is 0.381 e. The molecule has 2 fully saturated rings. The van der Waals surface area contributed by atoms with Crippen LogP contribution in [0.3, 0.4) is 0 Å². The van der Waals surface area contributed by atoms with Gasteiger partial charge in [-0.1, -0.05) is 52.3 Å². The molecule has 1 aromatic carbocycles. The van der Waals surface area contributed by atoms with Crippen molar-refractivity contribution in [2.75, 3.05) is 33.9 Å². The van der Waals surface area contributed by atoms with E-state index in [4.69, 9.17) is 14.3 Å². The minimum atomic E-state index is -0.814. The van der Waals surface area contributed by atoms with E-state index in [1.165, 1.54) is 5.06 Å². The second-order valence-corrected chi connectivity index (χ2v) is 12.6. The van der Waals surface area contributed by atoms with Crippen molar-refractivity contribution in [1.29, 1.82) is 0 Å². The van der Waals surface area contributed by atoms with Crippen LogP contribution in [0.4, 0.5) is 0 Å². The predicted molar refractivity (Wildman–Crippen MR) is 170 cm³/mol. The van der Waals surface area contributed by atoms with Gasteiger partial charge in [0, 0.05) is 50.8 Å². The Balaban J connectivity index is 1.48. The lowest BCUT2D eigenvalue weighted by atomic mass is 9.87. The Morgan fingerprint density at radius 2 is 1.84 bits per heavy atom. The van der Waals surface area contributed by atoms with Gasteiger partial charge in [-0.15, -0.1) is 0 Å². The summed E-state index contributed by atoms with van der Waals surface area (Å²) in [7, 11) is 3.26. The molecule has 44 heavy (non-hydrogen) atoms. The van der Waals surface area contributed by atoms with Gasteiger partial charge in [-0.25, -0.2) is 5.06 Å². The minimum Gasteiger partial charge on any atom is -0.381 e. The summed E-state index contributed by atoms with van der Waals surface area (Å²) in [5, 5.41) is 5.45. The molecular weight excluding hydrogens is 560 g/mol. The van der Waals surface area contributed by atoms with E-state index < -0.39 is 18.1 Å². The van der Waals surface area contributed by atoms with Gasteiger partial charge in [0.05, 0.1) is 37.2 Å². The van der Waals surface area contributed by atoms with E-state index in [9.17, 15) is 14.4 Å². The number of hydrogen-bond acceptors (Lipinski definition) is 6. The Morgan fingerprint density at radius 3 is 2.52 bits per heavy atom. The van der Waals surface area contributed by atoms with Crippen LogP contribution in [0.5, 0.6) is 0 Å². The molecule has 0 saturated carbocycles. The maximum absolute atomic E-state index is 13.9. The Morgan fingerprint density at radius 1 is 1.07 bits per heavy atom. The van der Waals surface area contributed by atoms with Crippen molar-refractivity contribution >= 4 is 28.6 Å². The van der Waals surface area contributed by atoms with Gasteiger partial charge in [-0.3, -0.25) is 19.2 Å². The summed E-state index contributed by atoms with van der Waals surface area (Å²) in [4.78, 5) is 52.0. The molecule has 2 saturated heterocycles. The standard InChI is InChI=1S/C34H52N4O6/c1-7-22(2)23(3)30(42-5)20-31(39)37-16-12-15-29(37)32(43-6)24(4)33(40)36-28(34(41)38-17-10-11-18-44-38)19-25-21-35-27-14-9-8-13-26(25)27/h8-9,13-14,21-24,28-30,32,35H,7,10-12,15-20H2,1-6H3,(H,36,40)/t22?,23?,24?,28-,29?,30?,32?/m0/s1. The average molecular weight is 613 g/mol. The van der Waals surface area contributed by atoms with Gasteiger partial charge < -0.3 is 24.7 Å². The summed E-state index contributed by atoms with van der Waals surface area (Å²) >= 11 is 0. The van der Waals surface area contributed by atoms with Crippen LogP contribution in [-0.2, 0) is 35.1 Å². The number of nitrogens with one attached hydrogen (secondary N) is 2. The van der Waals surface area contributed by atoms with Gasteiger partial charge in [-0.05, 0) is 49.1 Å². The number of ether oxygens (including phenoxy) is 2. The Kier molecular flexibility index (Phi) is 12.2. The smallest absolute Gasteiger partial charge is 0.269 e. The average Bonchev–Trinajstić information content (AvgIpc) is 3.70. The molecule has 0 aliphatic carbocycles. The van der Waals surface area contributed by atoms with Crippen molar-refractivity contribution in [2.45, 2.75) is 96.9 Å². The van der Waals surface area contributed by atoms with E-state index in [-0.39, 0.29) is 35.8 Å². The molecule has 0 spiro atoms. The first-order valence-corrected chi connectivity index (χ1v) is 16.3. The second-order valence-electron chi connectivity index (χ2n) is 12.6. The third kappa shape index (κ3) is 7.82. The van der Waals surface area contributed by atoms with Crippen LogP contribution in [0.1, 0.15) is 71.8 Å². The summed E-state index contributed by atoms with van der Waals surface area (Å²) in [6, 6.07) is 6.86. The molecule has 2 aliphatic heterocycles. The molecule has 3 heterocycles. The molecule has 6 unspecified atom stereocenters. The van der Waals surface area contributed by atoms with E-state index in [2.05, 4.69) is 31.1 Å². The lowest BCUT2D eigenvalue weighted by molar-refractivity contribution is -0.199. The van der Waals surface area contributed by atoms with Crippen molar-refractivity contribution < 1.29 is 28.7 Å². The number of carbonyl (C=O) groups excluding carboxylic acids is 3. The zero-order valence-electron chi connectivity index (χ0n) is 27.3. The number of para-hydroxylation sites is 1. The maximum Gasteiger partial charge on any atom is 0.269 e. The van der Waals surface area contributed by atoms with E-state index in [0.29, 0.717) is 38.5 Å². The van der Waals surface area contributed by atoms with E-state index in [1.807, 2.05) is 42.3 Å². The van der Waals surface area contributed by atoms with Gasteiger partial charge in [0.25, 0.3) is 5.91 Å². The molecule has 244 valence electrons. The molecule has 2 aliphatic rings. The SMILES string of the molecule is CCC(C)C(C)C(CC(=O)N1CCCC1C(OC)C(C)C(=O)N[C@@H](Cc1c[nH]c2ccccc12)C(=O)N1CCCCO1)OC. The molecule has 4 rings (SSSR count). The van der Waals surface area contributed by atoms with Crippen LogP contribution < -0.4 is 5.32 Å². The van der Waals surface area contributed by atoms with E-state index in [1.54, 1.807) is 14.2 Å². The fourth-order valence-corrected chi connectivity index (χ4v) is 6.77.